The zero-order chi connectivity index (χ0) is 11.8. The summed E-state index contributed by atoms with van der Waals surface area (Å²) in [6, 6.07) is 4.23. The quantitative estimate of drug-likeness (QED) is 0.815. The number of piperidine rings is 1. The lowest BCUT2D eigenvalue weighted by Crippen LogP contribution is -2.44. The summed E-state index contributed by atoms with van der Waals surface area (Å²) < 4.78 is 0. The molecule has 0 spiro atoms. The maximum absolute atomic E-state index is 10.0. The minimum absolute atomic E-state index is 0.0651. The van der Waals surface area contributed by atoms with Crippen LogP contribution in [-0.4, -0.2) is 35.5 Å². The largest absolute Gasteiger partial charge is 0.392 e. The number of rotatable bonds is 2. The number of aliphatic hydroxyl groups is 1. The van der Waals surface area contributed by atoms with Gasteiger partial charge in [-0.25, -0.2) is 4.98 Å². The van der Waals surface area contributed by atoms with E-state index < -0.39 is 0 Å². The van der Waals surface area contributed by atoms with Crippen molar-refractivity contribution in [3.05, 3.63) is 18.3 Å². The molecular formula is C13H18N2OS. The Morgan fingerprint density at radius 2 is 2.00 bits per heavy atom. The molecule has 1 aromatic rings. The maximum Gasteiger partial charge on any atom is 0.0958 e. The fourth-order valence-corrected chi connectivity index (χ4v) is 3.45. The average Bonchev–Trinajstić information content (AvgIpc) is 2.61. The Morgan fingerprint density at radius 3 is 2.53 bits per heavy atom. The topological polar surface area (TPSA) is 36.4 Å². The van der Waals surface area contributed by atoms with Gasteiger partial charge in [-0.15, -0.1) is 11.8 Å². The molecule has 1 saturated carbocycles. The summed E-state index contributed by atoms with van der Waals surface area (Å²) in [7, 11) is 0. The molecule has 1 aliphatic heterocycles. The van der Waals surface area contributed by atoms with Gasteiger partial charge in [-0.05, 0) is 31.2 Å². The fourth-order valence-electron chi connectivity index (χ4n) is 3.08. The molecule has 92 valence electrons. The van der Waals surface area contributed by atoms with Crippen LogP contribution in [0.3, 0.4) is 0 Å². The van der Waals surface area contributed by atoms with Gasteiger partial charge in [0, 0.05) is 24.9 Å². The summed E-state index contributed by atoms with van der Waals surface area (Å²) in [4.78, 5) is 6.80. The zero-order valence-electron chi connectivity index (χ0n) is 10.0. The highest BCUT2D eigenvalue weighted by Gasteiger charge is 2.40. The number of aliphatic hydroxyl groups excluding tert-OH is 1. The summed E-state index contributed by atoms with van der Waals surface area (Å²) in [6.45, 7) is 1.97. The van der Waals surface area contributed by atoms with Gasteiger partial charge >= 0.3 is 0 Å². The first-order valence-electron chi connectivity index (χ1n) is 6.21. The predicted octanol–water partition coefficient (Wildman–Crippen LogP) is 2.01. The van der Waals surface area contributed by atoms with E-state index in [1.165, 1.54) is 18.5 Å². The van der Waals surface area contributed by atoms with E-state index >= 15 is 0 Å². The van der Waals surface area contributed by atoms with Gasteiger partial charge in [-0.1, -0.05) is 0 Å². The van der Waals surface area contributed by atoms with Crippen molar-refractivity contribution in [2.45, 2.75) is 24.0 Å². The Bertz CT molecular complexity index is 381. The Balaban J connectivity index is 1.76. The number of nitrogens with zero attached hydrogens (tertiary/aromatic N) is 2. The average molecular weight is 250 g/mol. The van der Waals surface area contributed by atoms with Crippen molar-refractivity contribution in [3.63, 3.8) is 0 Å². The maximum atomic E-state index is 10.0. The number of hydrogen-bond donors (Lipinski definition) is 1. The van der Waals surface area contributed by atoms with Crippen molar-refractivity contribution in [2.24, 2.45) is 11.8 Å². The van der Waals surface area contributed by atoms with Crippen molar-refractivity contribution in [3.8, 4) is 0 Å². The van der Waals surface area contributed by atoms with E-state index in [9.17, 15) is 5.11 Å². The second kappa shape index (κ2) is 4.50. The van der Waals surface area contributed by atoms with Crippen LogP contribution < -0.4 is 4.90 Å². The minimum atomic E-state index is -0.0651. The van der Waals surface area contributed by atoms with E-state index in [2.05, 4.69) is 22.0 Å². The molecule has 17 heavy (non-hydrogen) atoms. The first-order valence-corrected chi connectivity index (χ1v) is 7.43. The molecule has 2 aliphatic rings. The number of hydrogen-bond acceptors (Lipinski definition) is 4. The first kappa shape index (κ1) is 11.4. The van der Waals surface area contributed by atoms with Gasteiger partial charge in [0.15, 0.2) is 0 Å². The van der Waals surface area contributed by atoms with Crippen molar-refractivity contribution < 1.29 is 5.11 Å². The Kier molecular flexibility index (Phi) is 3.01. The monoisotopic (exact) mass is 250 g/mol. The van der Waals surface area contributed by atoms with Crippen LogP contribution in [0.5, 0.6) is 0 Å². The van der Waals surface area contributed by atoms with Crippen LogP contribution in [0.1, 0.15) is 12.8 Å². The Labute approximate surface area is 106 Å². The third-order valence-electron chi connectivity index (χ3n) is 4.08. The van der Waals surface area contributed by atoms with Gasteiger partial charge in [0.25, 0.3) is 0 Å². The highest BCUT2D eigenvalue weighted by molar-refractivity contribution is 7.98. The van der Waals surface area contributed by atoms with Crippen molar-refractivity contribution in [2.75, 3.05) is 24.2 Å². The van der Waals surface area contributed by atoms with Gasteiger partial charge in [0.1, 0.15) is 0 Å². The molecule has 1 aromatic heterocycles. The van der Waals surface area contributed by atoms with E-state index in [0.717, 1.165) is 18.1 Å². The molecule has 3 nitrogen and oxygen atoms in total. The highest BCUT2D eigenvalue weighted by Crippen LogP contribution is 2.38. The third kappa shape index (κ3) is 2.04. The molecule has 2 atom stereocenters. The van der Waals surface area contributed by atoms with Gasteiger partial charge in [0.05, 0.1) is 23.0 Å². The van der Waals surface area contributed by atoms with Crippen LogP contribution in [0.4, 0.5) is 5.69 Å². The standard InChI is InChI=1S/C13H18N2OS/c1-17-12-5-4-11(6-14-12)15-7-9-2-3-10(8-15)13(9)16/h4-6,9-10,13,16H,2-3,7-8H2,1H3. The van der Waals surface area contributed by atoms with Crippen LogP contribution in [-0.2, 0) is 0 Å². The number of anilines is 1. The predicted molar refractivity (Wildman–Crippen MR) is 70.5 cm³/mol. The molecule has 1 aliphatic carbocycles. The SMILES string of the molecule is CSc1ccc(N2CC3CCC(C2)C3O)cn1. The van der Waals surface area contributed by atoms with Gasteiger partial charge in [-0.3, -0.25) is 0 Å². The van der Waals surface area contributed by atoms with Crippen LogP contribution in [0, 0.1) is 11.8 Å². The lowest BCUT2D eigenvalue weighted by atomic mass is 9.95. The second-order valence-corrected chi connectivity index (χ2v) is 5.88. The zero-order valence-corrected chi connectivity index (χ0v) is 10.9. The van der Waals surface area contributed by atoms with Crippen LogP contribution in [0.15, 0.2) is 23.4 Å². The molecule has 2 unspecified atom stereocenters. The summed E-state index contributed by atoms with van der Waals surface area (Å²) in [5.74, 6) is 0.933. The van der Waals surface area contributed by atoms with E-state index in [1.807, 2.05) is 12.5 Å². The normalized spacial score (nSPS) is 31.9. The third-order valence-corrected chi connectivity index (χ3v) is 4.74. The molecule has 0 aromatic carbocycles. The molecule has 2 fully saturated rings. The first-order chi connectivity index (χ1) is 8.28. The van der Waals surface area contributed by atoms with Crippen molar-refractivity contribution >= 4 is 17.4 Å². The van der Waals surface area contributed by atoms with Crippen LogP contribution in [0.25, 0.3) is 0 Å². The Hall–Kier alpha value is -0.740. The molecule has 1 N–H and O–H groups in total. The van der Waals surface area contributed by atoms with E-state index in [0.29, 0.717) is 11.8 Å². The number of pyridine rings is 1. The number of aromatic nitrogens is 1. The Morgan fingerprint density at radius 1 is 1.29 bits per heavy atom. The van der Waals surface area contributed by atoms with Gasteiger partial charge < -0.3 is 10.0 Å². The minimum Gasteiger partial charge on any atom is -0.392 e. The molecular weight excluding hydrogens is 232 g/mol. The highest BCUT2D eigenvalue weighted by atomic mass is 32.2. The van der Waals surface area contributed by atoms with Gasteiger partial charge in [-0.2, -0.15) is 0 Å². The summed E-state index contributed by atoms with van der Waals surface area (Å²) in [5.41, 5.74) is 1.20. The summed E-state index contributed by atoms with van der Waals surface area (Å²) in [5, 5.41) is 11.1. The molecule has 3 rings (SSSR count). The summed E-state index contributed by atoms with van der Waals surface area (Å²) in [6.07, 6.45) is 6.30. The van der Waals surface area contributed by atoms with E-state index in [4.69, 9.17) is 0 Å². The van der Waals surface area contributed by atoms with Crippen LogP contribution in [0.2, 0.25) is 0 Å². The molecule has 2 bridgehead atoms. The van der Waals surface area contributed by atoms with Crippen molar-refractivity contribution in [1.29, 1.82) is 0 Å². The smallest absolute Gasteiger partial charge is 0.0958 e. The molecule has 1 saturated heterocycles. The number of fused-ring (bicyclic) bond motifs is 2. The van der Waals surface area contributed by atoms with Crippen molar-refractivity contribution in [1.82, 2.24) is 4.98 Å². The van der Waals surface area contributed by atoms with E-state index in [1.54, 1.807) is 11.8 Å². The molecule has 0 amide bonds. The molecule has 4 heteroatoms. The van der Waals surface area contributed by atoms with E-state index in [-0.39, 0.29) is 6.10 Å². The summed E-state index contributed by atoms with van der Waals surface area (Å²) >= 11 is 1.67. The lowest BCUT2D eigenvalue weighted by Gasteiger charge is -2.36. The van der Waals surface area contributed by atoms with Crippen LogP contribution >= 0.6 is 11.8 Å². The lowest BCUT2D eigenvalue weighted by molar-refractivity contribution is 0.0792. The molecule has 0 radical (unpaired) electrons. The van der Waals surface area contributed by atoms with Gasteiger partial charge in [0.2, 0.25) is 0 Å². The second-order valence-electron chi connectivity index (χ2n) is 5.05. The number of thioether (sulfide) groups is 1. The molecule has 2 heterocycles. The fraction of sp³-hybridized carbons (Fsp3) is 0.615.